The molecule has 2 fully saturated rings. The zero-order chi connectivity index (χ0) is 14.1. The number of carbonyl (C=O) groups is 2. The fourth-order valence-corrected chi connectivity index (χ4v) is 3.88. The molecule has 1 amide bonds. The average molecular weight is 294 g/mol. The minimum atomic E-state index is -0.967. The van der Waals surface area contributed by atoms with Gasteiger partial charge in [0.1, 0.15) is 4.88 Å². The number of carbonyl (C=O) groups excluding carboxylic acids is 1. The molecule has 1 aromatic heterocycles. The summed E-state index contributed by atoms with van der Waals surface area (Å²) in [5.41, 5.74) is 0. The van der Waals surface area contributed by atoms with Gasteiger partial charge in [0.2, 0.25) is 0 Å². The van der Waals surface area contributed by atoms with Crippen LogP contribution in [0, 0.1) is 0 Å². The molecule has 6 heteroatoms. The van der Waals surface area contributed by atoms with Gasteiger partial charge in [-0.2, -0.15) is 0 Å². The maximum Gasteiger partial charge on any atom is 0.345 e. The molecule has 0 saturated carbocycles. The fraction of sp³-hybridized carbons (Fsp3) is 0.571. The van der Waals surface area contributed by atoms with Crippen molar-refractivity contribution in [2.24, 2.45) is 0 Å². The molecule has 1 N–H and O–H groups in total. The van der Waals surface area contributed by atoms with Crippen molar-refractivity contribution in [3.05, 3.63) is 21.9 Å². The van der Waals surface area contributed by atoms with E-state index >= 15 is 0 Å². The fourth-order valence-electron chi connectivity index (χ4n) is 3.06. The Labute approximate surface area is 121 Å². The molecule has 0 aliphatic carbocycles. The Kier molecular flexibility index (Phi) is 3.76. The topological polar surface area (TPSA) is 60.9 Å². The van der Waals surface area contributed by atoms with Gasteiger partial charge in [-0.3, -0.25) is 9.69 Å². The van der Waals surface area contributed by atoms with E-state index in [-0.39, 0.29) is 10.8 Å². The molecule has 0 spiro atoms. The predicted molar refractivity (Wildman–Crippen MR) is 76.4 cm³/mol. The van der Waals surface area contributed by atoms with Crippen molar-refractivity contribution in [1.82, 2.24) is 9.80 Å². The third-order valence-corrected chi connectivity index (χ3v) is 5.21. The van der Waals surface area contributed by atoms with Crippen molar-refractivity contribution in [2.45, 2.75) is 25.3 Å². The summed E-state index contributed by atoms with van der Waals surface area (Å²) in [5, 5.41) is 8.92. The van der Waals surface area contributed by atoms with Crippen molar-refractivity contribution in [1.29, 1.82) is 0 Å². The SMILES string of the molecule is O=C(O)c1ccc(C(=O)N2CCN3CCCCC3C2)s1. The lowest BCUT2D eigenvalue weighted by Crippen LogP contribution is -2.56. The smallest absolute Gasteiger partial charge is 0.345 e. The average Bonchev–Trinajstić information content (AvgIpc) is 2.96. The first-order chi connectivity index (χ1) is 9.65. The van der Waals surface area contributed by atoms with Crippen molar-refractivity contribution >= 4 is 23.2 Å². The van der Waals surface area contributed by atoms with Crippen LogP contribution in [0.15, 0.2) is 12.1 Å². The van der Waals surface area contributed by atoms with Gasteiger partial charge in [-0.25, -0.2) is 4.79 Å². The lowest BCUT2D eigenvalue weighted by atomic mass is 9.99. The molecule has 1 aromatic rings. The molecular weight excluding hydrogens is 276 g/mol. The highest BCUT2D eigenvalue weighted by Gasteiger charge is 2.31. The van der Waals surface area contributed by atoms with E-state index in [0.29, 0.717) is 10.9 Å². The maximum atomic E-state index is 12.4. The molecule has 2 saturated heterocycles. The highest BCUT2D eigenvalue weighted by molar-refractivity contribution is 7.15. The van der Waals surface area contributed by atoms with Gasteiger partial charge in [-0.05, 0) is 31.5 Å². The van der Waals surface area contributed by atoms with E-state index in [4.69, 9.17) is 5.11 Å². The van der Waals surface area contributed by atoms with Crippen LogP contribution in [0.25, 0.3) is 0 Å². The first kappa shape index (κ1) is 13.6. The number of hydrogen-bond acceptors (Lipinski definition) is 4. The lowest BCUT2D eigenvalue weighted by Gasteiger charge is -2.43. The molecule has 108 valence electrons. The van der Waals surface area contributed by atoms with Crippen LogP contribution in [0.2, 0.25) is 0 Å². The number of nitrogens with zero attached hydrogens (tertiary/aromatic N) is 2. The summed E-state index contributed by atoms with van der Waals surface area (Å²) < 4.78 is 0. The predicted octanol–water partition coefficient (Wildman–Crippen LogP) is 1.76. The van der Waals surface area contributed by atoms with Gasteiger partial charge in [0.15, 0.2) is 0 Å². The normalized spacial score (nSPS) is 23.4. The molecular formula is C14H18N2O3S. The number of fused-ring (bicyclic) bond motifs is 1. The number of amides is 1. The summed E-state index contributed by atoms with van der Waals surface area (Å²) in [4.78, 5) is 28.4. The summed E-state index contributed by atoms with van der Waals surface area (Å²) in [6.07, 6.45) is 3.66. The first-order valence-corrected chi connectivity index (χ1v) is 7.83. The van der Waals surface area contributed by atoms with Crippen LogP contribution in [0.5, 0.6) is 0 Å². The van der Waals surface area contributed by atoms with Crippen molar-refractivity contribution in [3.63, 3.8) is 0 Å². The van der Waals surface area contributed by atoms with Gasteiger partial charge in [0.05, 0.1) is 4.88 Å². The summed E-state index contributed by atoms with van der Waals surface area (Å²) in [6.45, 7) is 3.61. The van der Waals surface area contributed by atoms with Gasteiger partial charge in [0, 0.05) is 25.7 Å². The standard InChI is InChI=1S/C14H18N2O3S/c17-13(11-4-5-12(20-11)14(18)19)16-8-7-15-6-2-1-3-10(15)9-16/h4-5,10H,1-3,6-9H2,(H,18,19). The van der Waals surface area contributed by atoms with E-state index in [2.05, 4.69) is 4.90 Å². The van der Waals surface area contributed by atoms with Gasteiger partial charge < -0.3 is 10.0 Å². The van der Waals surface area contributed by atoms with Crippen LogP contribution in [0.4, 0.5) is 0 Å². The number of piperazine rings is 1. The maximum absolute atomic E-state index is 12.4. The molecule has 0 bridgehead atoms. The molecule has 3 heterocycles. The van der Waals surface area contributed by atoms with E-state index < -0.39 is 5.97 Å². The van der Waals surface area contributed by atoms with Gasteiger partial charge in [-0.1, -0.05) is 6.42 Å². The van der Waals surface area contributed by atoms with Crippen LogP contribution in [0.3, 0.4) is 0 Å². The molecule has 3 rings (SSSR count). The van der Waals surface area contributed by atoms with E-state index in [9.17, 15) is 9.59 Å². The number of hydrogen-bond donors (Lipinski definition) is 1. The van der Waals surface area contributed by atoms with Gasteiger partial charge >= 0.3 is 5.97 Å². The summed E-state index contributed by atoms with van der Waals surface area (Å²) in [7, 11) is 0. The zero-order valence-corrected chi connectivity index (χ0v) is 12.1. The number of thiophene rings is 1. The van der Waals surface area contributed by atoms with E-state index in [0.717, 1.165) is 43.9 Å². The second-order valence-electron chi connectivity index (χ2n) is 5.41. The van der Waals surface area contributed by atoms with Crippen molar-refractivity contribution < 1.29 is 14.7 Å². The second-order valence-corrected chi connectivity index (χ2v) is 6.49. The van der Waals surface area contributed by atoms with Crippen molar-refractivity contribution in [3.8, 4) is 0 Å². The Morgan fingerprint density at radius 1 is 1.15 bits per heavy atom. The quantitative estimate of drug-likeness (QED) is 0.903. The van der Waals surface area contributed by atoms with Crippen LogP contribution in [-0.4, -0.2) is 59.0 Å². The van der Waals surface area contributed by atoms with E-state index in [1.165, 1.54) is 18.9 Å². The Balaban J connectivity index is 1.69. The molecule has 1 unspecified atom stereocenters. The molecule has 5 nitrogen and oxygen atoms in total. The van der Waals surface area contributed by atoms with Crippen LogP contribution in [-0.2, 0) is 0 Å². The van der Waals surface area contributed by atoms with Crippen LogP contribution < -0.4 is 0 Å². The number of piperidine rings is 1. The Bertz CT molecular complexity index is 528. The summed E-state index contributed by atoms with van der Waals surface area (Å²) in [5.74, 6) is -0.987. The van der Waals surface area contributed by atoms with E-state index in [1.54, 1.807) is 6.07 Å². The minimum Gasteiger partial charge on any atom is -0.477 e. The van der Waals surface area contributed by atoms with Crippen LogP contribution in [0.1, 0.15) is 38.6 Å². The summed E-state index contributed by atoms with van der Waals surface area (Å²) >= 11 is 1.07. The number of carboxylic acids is 1. The van der Waals surface area contributed by atoms with Gasteiger partial charge in [-0.15, -0.1) is 11.3 Å². The highest BCUT2D eigenvalue weighted by atomic mass is 32.1. The molecule has 1 atom stereocenters. The minimum absolute atomic E-state index is 0.0206. The first-order valence-electron chi connectivity index (χ1n) is 7.01. The Morgan fingerprint density at radius 2 is 1.95 bits per heavy atom. The molecule has 0 aromatic carbocycles. The second kappa shape index (κ2) is 5.54. The van der Waals surface area contributed by atoms with Crippen LogP contribution >= 0.6 is 11.3 Å². The molecule has 2 aliphatic heterocycles. The molecule has 2 aliphatic rings. The lowest BCUT2D eigenvalue weighted by molar-refractivity contribution is 0.0376. The third kappa shape index (κ3) is 2.58. The number of carboxylic acid groups (broad SMARTS) is 1. The molecule has 20 heavy (non-hydrogen) atoms. The summed E-state index contributed by atoms with van der Waals surface area (Å²) in [6, 6.07) is 3.63. The Hall–Kier alpha value is -1.40. The number of rotatable bonds is 2. The highest BCUT2D eigenvalue weighted by Crippen LogP contribution is 2.24. The molecule has 0 radical (unpaired) electrons. The third-order valence-electron chi connectivity index (χ3n) is 4.15. The number of aromatic carboxylic acids is 1. The zero-order valence-electron chi connectivity index (χ0n) is 11.2. The van der Waals surface area contributed by atoms with Gasteiger partial charge in [0.25, 0.3) is 5.91 Å². The Morgan fingerprint density at radius 3 is 2.70 bits per heavy atom. The largest absolute Gasteiger partial charge is 0.477 e. The van der Waals surface area contributed by atoms with E-state index in [1.807, 2.05) is 4.90 Å². The van der Waals surface area contributed by atoms with Crippen molar-refractivity contribution in [2.75, 3.05) is 26.2 Å². The monoisotopic (exact) mass is 294 g/mol.